The van der Waals surface area contributed by atoms with Gasteiger partial charge in [-0.25, -0.2) is 4.79 Å². The molecule has 0 saturated heterocycles. The van der Waals surface area contributed by atoms with Crippen molar-refractivity contribution in [2.24, 2.45) is 0 Å². The van der Waals surface area contributed by atoms with E-state index < -0.39 is 22.7 Å². The van der Waals surface area contributed by atoms with E-state index in [-0.39, 0.29) is 0 Å². The van der Waals surface area contributed by atoms with Crippen LogP contribution in [-0.2, 0) is 14.3 Å². The monoisotopic (exact) mass is 161 g/mol. The predicted molar refractivity (Wildman–Crippen MR) is 33.5 cm³/mol. The topological polar surface area (TPSA) is 86.5 Å². The first-order valence-electron chi connectivity index (χ1n) is 2.72. The number of carbonyl (C=O) groups is 2. The van der Waals surface area contributed by atoms with Gasteiger partial charge in [0.15, 0.2) is 0 Å². The maximum absolute atomic E-state index is 10.5. The van der Waals surface area contributed by atoms with Crippen molar-refractivity contribution in [3.05, 3.63) is 10.1 Å². The van der Waals surface area contributed by atoms with Crippen LogP contribution in [0.2, 0.25) is 0 Å². The highest BCUT2D eigenvalue weighted by Gasteiger charge is 2.35. The van der Waals surface area contributed by atoms with Gasteiger partial charge in [-0.15, -0.1) is 0 Å². The minimum absolute atomic E-state index is 0.832. The van der Waals surface area contributed by atoms with Gasteiger partial charge in [-0.2, -0.15) is 0 Å². The van der Waals surface area contributed by atoms with E-state index in [0.717, 1.165) is 14.0 Å². The fourth-order valence-corrected chi connectivity index (χ4v) is 0.512. The van der Waals surface area contributed by atoms with E-state index in [1.807, 2.05) is 0 Å². The summed E-state index contributed by atoms with van der Waals surface area (Å²) in [5.74, 6) is -1.97. The summed E-state index contributed by atoms with van der Waals surface area (Å²) in [6, 6.07) is -1.88. The lowest BCUT2D eigenvalue weighted by Crippen LogP contribution is -2.36. The van der Waals surface area contributed by atoms with Gasteiger partial charge >= 0.3 is 12.0 Å². The molecule has 0 aliphatic rings. The zero-order valence-corrected chi connectivity index (χ0v) is 6.07. The molecule has 11 heavy (non-hydrogen) atoms. The molecular weight excluding hydrogens is 154 g/mol. The number of hydrogen-bond donors (Lipinski definition) is 0. The summed E-state index contributed by atoms with van der Waals surface area (Å²) in [6.45, 7) is 0.963. The van der Waals surface area contributed by atoms with E-state index in [1.165, 1.54) is 0 Å². The first kappa shape index (κ1) is 9.54. The van der Waals surface area contributed by atoms with Crippen LogP contribution in [-0.4, -0.2) is 29.8 Å². The molecule has 0 spiro atoms. The molecule has 62 valence electrons. The Bertz CT molecular complexity index is 185. The van der Waals surface area contributed by atoms with E-state index >= 15 is 0 Å². The molecule has 0 amide bonds. The minimum atomic E-state index is -1.88. The van der Waals surface area contributed by atoms with Crippen molar-refractivity contribution >= 4 is 11.8 Å². The number of ether oxygens (including phenoxy) is 1. The Morgan fingerprint density at radius 2 is 2.00 bits per heavy atom. The smallest absolute Gasteiger partial charge is 0.389 e. The van der Waals surface area contributed by atoms with Crippen molar-refractivity contribution in [3.63, 3.8) is 0 Å². The molecule has 6 heteroatoms. The van der Waals surface area contributed by atoms with E-state index in [4.69, 9.17) is 0 Å². The lowest BCUT2D eigenvalue weighted by molar-refractivity contribution is -0.496. The van der Waals surface area contributed by atoms with Gasteiger partial charge in [-0.1, -0.05) is 0 Å². The van der Waals surface area contributed by atoms with Crippen LogP contribution < -0.4 is 0 Å². The van der Waals surface area contributed by atoms with Crippen molar-refractivity contribution < 1.29 is 19.2 Å². The molecule has 6 nitrogen and oxygen atoms in total. The standard InChI is InChI=1S/C5H7NO5/c1-3(7)4(6(9)10)5(8)11-2/h4H,1-2H3/t4-/m1/s1. The summed E-state index contributed by atoms with van der Waals surface area (Å²) in [7, 11) is 0.988. The number of Topliss-reactive ketones (excluding diaryl/α,β-unsaturated/α-hetero) is 1. The Morgan fingerprint density at radius 3 is 2.09 bits per heavy atom. The van der Waals surface area contributed by atoms with Crippen LogP contribution in [0.25, 0.3) is 0 Å². The van der Waals surface area contributed by atoms with E-state index in [2.05, 4.69) is 4.74 Å². The van der Waals surface area contributed by atoms with Crippen LogP contribution in [0, 0.1) is 10.1 Å². The molecule has 0 radical (unpaired) electrons. The van der Waals surface area contributed by atoms with Crippen LogP contribution in [0.3, 0.4) is 0 Å². The van der Waals surface area contributed by atoms with Gasteiger partial charge in [0.05, 0.1) is 7.11 Å². The van der Waals surface area contributed by atoms with Gasteiger partial charge < -0.3 is 4.74 Å². The number of nitro groups is 1. The second-order valence-electron chi connectivity index (χ2n) is 1.82. The molecule has 0 aromatic rings. The van der Waals surface area contributed by atoms with E-state index in [9.17, 15) is 19.7 Å². The number of rotatable bonds is 3. The molecule has 0 N–H and O–H groups in total. The maximum Gasteiger partial charge on any atom is 0.389 e. The molecule has 0 bridgehead atoms. The Hall–Kier alpha value is -1.46. The first-order chi connectivity index (χ1) is 5.00. The van der Waals surface area contributed by atoms with Gasteiger partial charge in [0.1, 0.15) is 0 Å². The molecule has 0 aromatic carbocycles. The molecule has 1 atom stereocenters. The molecule has 0 aliphatic carbocycles. The van der Waals surface area contributed by atoms with Gasteiger partial charge in [0, 0.05) is 11.8 Å². The molecule has 0 fully saturated rings. The summed E-state index contributed by atoms with van der Waals surface area (Å²) < 4.78 is 4.03. The summed E-state index contributed by atoms with van der Waals surface area (Å²) in [5, 5.41) is 10.0. The average Bonchev–Trinajstić information content (AvgIpc) is 1.85. The Morgan fingerprint density at radius 1 is 1.55 bits per heavy atom. The van der Waals surface area contributed by atoms with Crippen molar-refractivity contribution in [1.82, 2.24) is 0 Å². The summed E-state index contributed by atoms with van der Waals surface area (Å²) >= 11 is 0. The summed E-state index contributed by atoms with van der Waals surface area (Å²) in [4.78, 5) is 30.0. The SMILES string of the molecule is COC(=O)[C@@H](C(C)=O)[N+](=O)[O-]. The molecule has 0 aromatic heterocycles. The van der Waals surface area contributed by atoms with Gasteiger partial charge in [-0.05, 0) is 0 Å². The second-order valence-corrected chi connectivity index (χ2v) is 1.82. The van der Waals surface area contributed by atoms with Gasteiger partial charge in [0.25, 0.3) is 0 Å². The fourth-order valence-electron chi connectivity index (χ4n) is 0.512. The van der Waals surface area contributed by atoms with Crippen LogP contribution >= 0.6 is 0 Å². The summed E-state index contributed by atoms with van der Waals surface area (Å²) in [5.41, 5.74) is 0. The molecule has 0 aliphatic heterocycles. The number of ketones is 1. The average molecular weight is 161 g/mol. The van der Waals surface area contributed by atoms with Crippen LogP contribution in [0.5, 0.6) is 0 Å². The van der Waals surface area contributed by atoms with Crippen molar-refractivity contribution in [1.29, 1.82) is 0 Å². The van der Waals surface area contributed by atoms with Crippen molar-refractivity contribution in [2.75, 3.05) is 7.11 Å². The third kappa shape index (κ3) is 2.32. The molecule has 0 saturated carbocycles. The highest BCUT2D eigenvalue weighted by molar-refractivity contribution is 6.00. The molecular formula is C5H7NO5. The second kappa shape index (κ2) is 3.65. The fraction of sp³-hybridized carbons (Fsp3) is 0.600. The highest BCUT2D eigenvalue weighted by atomic mass is 16.6. The maximum atomic E-state index is 10.5. The summed E-state index contributed by atoms with van der Waals surface area (Å²) in [6.07, 6.45) is 0. The van der Waals surface area contributed by atoms with Gasteiger partial charge in [0.2, 0.25) is 5.78 Å². The van der Waals surface area contributed by atoms with Gasteiger partial charge in [-0.3, -0.25) is 14.9 Å². The number of carbonyl (C=O) groups excluding carboxylic acids is 2. The Kier molecular flexibility index (Phi) is 3.16. The highest BCUT2D eigenvalue weighted by Crippen LogP contribution is 1.94. The molecule has 0 unspecified atom stereocenters. The quantitative estimate of drug-likeness (QED) is 0.238. The van der Waals surface area contributed by atoms with Crippen LogP contribution in [0.1, 0.15) is 6.92 Å². The normalized spacial score (nSPS) is 11.8. The predicted octanol–water partition coefficient (Wildman–Crippen LogP) is -0.606. The zero-order chi connectivity index (χ0) is 9.02. The third-order valence-electron chi connectivity index (χ3n) is 1.02. The number of nitrogens with zero attached hydrogens (tertiary/aromatic N) is 1. The van der Waals surface area contributed by atoms with E-state index in [0.29, 0.717) is 0 Å². The third-order valence-corrected chi connectivity index (χ3v) is 1.02. The van der Waals surface area contributed by atoms with Crippen molar-refractivity contribution in [2.45, 2.75) is 13.0 Å². The number of esters is 1. The van der Waals surface area contributed by atoms with Crippen LogP contribution in [0.15, 0.2) is 0 Å². The van der Waals surface area contributed by atoms with E-state index in [1.54, 1.807) is 0 Å². The first-order valence-corrected chi connectivity index (χ1v) is 2.72. The Balaban J connectivity index is 4.47. The molecule has 0 heterocycles. The molecule has 0 rings (SSSR count). The Labute approximate surface area is 62.3 Å². The largest absolute Gasteiger partial charge is 0.464 e. The van der Waals surface area contributed by atoms with Crippen LogP contribution in [0.4, 0.5) is 0 Å². The zero-order valence-electron chi connectivity index (χ0n) is 6.07. The number of hydrogen-bond acceptors (Lipinski definition) is 5. The minimum Gasteiger partial charge on any atom is -0.464 e. The lowest BCUT2D eigenvalue weighted by atomic mass is 10.2. The van der Waals surface area contributed by atoms with Crippen molar-refractivity contribution in [3.8, 4) is 0 Å². The lowest BCUT2D eigenvalue weighted by Gasteiger charge is -2.01. The number of methoxy groups -OCH3 is 1.